The van der Waals surface area contributed by atoms with Crippen LogP contribution in [0, 0.1) is 11.8 Å². The highest BCUT2D eigenvalue weighted by Gasteiger charge is 2.56. The third-order valence-electron chi connectivity index (χ3n) is 4.93. The highest BCUT2D eigenvalue weighted by molar-refractivity contribution is 7.98. The molecule has 9 heteroatoms. The van der Waals surface area contributed by atoms with Crippen LogP contribution in [0.25, 0.3) is 11.1 Å². The van der Waals surface area contributed by atoms with Crippen molar-refractivity contribution in [1.82, 2.24) is 0 Å². The first-order valence-electron chi connectivity index (χ1n) is 9.53. The lowest BCUT2D eigenvalue weighted by Crippen LogP contribution is -2.43. The van der Waals surface area contributed by atoms with Crippen LogP contribution in [0.3, 0.4) is 0 Å². The molecule has 0 spiro atoms. The highest BCUT2D eigenvalue weighted by atomic mass is 32.2. The Morgan fingerprint density at radius 3 is 2.30 bits per heavy atom. The van der Waals surface area contributed by atoms with Gasteiger partial charge in [0.15, 0.2) is 0 Å². The van der Waals surface area contributed by atoms with Gasteiger partial charge in [-0.05, 0) is 48.1 Å². The Bertz CT molecular complexity index is 1330. The van der Waals surface area contributed by atoms with Crippen molar-refractivity contribution in [1.29, 1.82) is 0 Å². The lowest BCUT2D eigenvalue weighted by Gasteiger charge is -2.30. The zero-order valence-corrected chi connectivity index (χ0v) is 19.3. The molecule has 1 atom stereocenters. The van der Waals surface area contributed by atoms with Crippen molar-refractivity contribution in [2.45, 2.75) is 21.6 Å². The zero-order chi connectivity index (χ0) is 24.3. The summed E-state index contributed by atoms with van der Waals surface area (Å²) in [5.41, 5.74) is -2.41. The molecule has 0 bridgehead atoms. The van der Waals surface area contributed by atoms with Gasteiger partial charge in [-0.2, -0.15) is 13.2 Å². The van der Waals surface area contributed by atoms with Crippen LogP contribution in [0.4, 0.5) is 13.2 Å². The molecule has 1 unspecified atom stereocenters. The fourth-order valence-electron chi connectivity index (χ4n) is 3.31. The predicted octanol–water partition coefficient (Wildman–Crippen LogP) is 5.18. The number of hydrogen-bond donors (Lipinski definition) is 1. The Balaban J connectivity index is 2.20. The standard InChI is InChI=1S/C24H20F3NO3S2/c1-31-23(24(25,26)27,14-13-17-7-5-10-20(15-17)32-2)19-9-6-8-18(16-19)21-11-3-4-12-22(21)33(28,29)30/h3-12,15-16H,1-2H3,(H2,28,29,30). The number of nitrogens with two attached hydrogens (primary N) is 1. The third kappa shape index (κ3) is 5.25. The summed E-state index contributed by atoms with van der Waals surface area (Å²) in [6, 6.07) is 18.0. The fraction of sp³-hybridized carbons (Fsp3) is 0.167. The van der Waals surface area contributed by atoms with Crippen LogP contribution in [0.5, 0.6) is 0 Å². The van der Waals surface area contributed by atoms with Gasteiger partial charge in [0, 0.05) is 28.7 Å². The van der Waals surface area contributed by atoms with E-state index in [-0.39, 0.29) is 21.6 Å². The minimum absolute atomic E-state index is 0.176. The molecule has 4 nitrogen and oxygen atoms in total. The van der Waals surface area contributed by atoms with E-state index in [0.717, 1.165) is 12.0 Å². The van der Waals surface area contributed by atoms with Crippen molar-refractivity contribution in [2.24, 2.45) is 5.14 Å². The summed E-state index contributed by atoms with van der Waals surface area (Å²) in [6.07, 6.45) is -3.03. The first kappa shape index (κ1) is 24.9. The second kappa shape index (κ2) is 9.61. The van der Waals surface area contributed by atoms with Crippen LogP contribution in [-0.4, -0.2) is 28.0 Å². The Hall–Kier alpha value is -2.77. The third-order valence-corrected chi connectivity index (χ3v) is 6.63. The van der Waals surface area contributed by atoms with Crippen LogP contribution >= 0.6 is 11.8 Å². The lowest BCUT2D eigenvalue weighted by atomic mass is 9.90. The molecule has 0 saturated carbocycles. The summed E-state index contributed by atoms with van der Waals surface area (Å²) < 4.78 is 72.1. The molecule has 0 aliphatic rings. The fourth-order valence-corrected chi connectivity index (χ4v) is 4.53. The largest absolute Gasteiger partial charge is 0.433 e. The molecule has 0 fully saturated rings. The predicted molar refractivity (Wildman–Crippen MR) is 123 cm³/mol. The zero-order valence-electron chi connectivity index (χ0n) is 17.7. The first-order chi connectivity index (χ1) is 15.5. The quantitative estimate of drug-likeness (QED) is 0.395. The second-order valence-corrected chi connectivity index (χ2v) is 9.40. The Kier molecular flexibility index (Phi) is 7.24. The number of benzene rings is 3. The van der Waals surface area contributed by atoms with Gasteiger partial charge in [-0.3, -0.25) is 0 Å². The summed E-state index contributed by atoms with van der Waals surface area (Å²) in [7, 11) is -3.16. The van der Waals surface area contributed by atoms with Crippen LogP contribution in [0.15, 0.2) is 82.6 Å². The molecule has 3 aromatic carbocycles. The maximum atomic E-state index is 14.4. The highest BCUT2D eigenvalue weighted by Crippen LogP contribution is 2.43. The average molecular weight is 492 g/mol. The number of thioether (sulfide) groups is 1. The van der Waals surface area contributed by atoms with Gasteiger partial charge in [-0.1, -0.05) is 48.4 Å². The summed E-state index contributed by atoms with van der Waals surface area (Å²) in [4.78, 5) is 0.663. The van der Waals surface area contributed by atoms with Crippen LogP contribution in [0.2, 0.25) is 0 Å². The van der Waals surface area contributed by atoms with Gasteiger partial charge in [0.05, 0.1) is 4.90 Å². The van der Waals surface area contributed by atoms with E-state index in [9.17, 15) is 21.6 Å². The summed E-state index contributed by atoms with van der Waals surface area (Å²) in [6.45, 7) is 0. The van der Waals surface area contributed by atoms with Crippen molar-refractivity contribution >= 4 is 21.8 Å². The molecule has 0 radical (unpaired) electrons. The van der Waals surface area contributed by atoms with Crippen LogP contribution in [0.1, 0.15) is 11.1 Å². The summed E-state index contributed by atoms with van der Waals surface area (Å²) in [5.74, 6) is 4.87. The number of sulfonamides is 1. The topological polar surface area (TPSA) is 69.4 Å². The Labute approximate surface area is 195 Å². The molecule has 0 saturated heterocycles. The molecule has 0 aliphatic carbocycles. The van der Waals surface area contributed by atoms with Gasteiger partial charge >= 0.3 is 6.18 Å². The molecule has 0 aromatic heterocycles. The maximum absolute atomic E-state index is 14.4. The van der Waals surface area contributed by atoms with Crippen molar-refractivity contribution in [3.05, 3.63) is 83.9 Å². The molecule has 172 valence electrons. The number of alkyl halides is 3. The molecule has 3 aromatic rings. The lowest BCUT2D eigenvalue weighted by molar-refractivity contribution is -0.250. The summed E-state index contributed by atoms with van der Waals surface area (Å²) in [5, 5.41) is 5.29. The monoisotopic (exact) mass is 491 g/mol. The van der Waals surface area contributed by atoms with E-state index in [0.29, 0.717) is 5.56 Å². The molecule has 0 aliphatic heterocycles. The summed E-state index contributed by atoms with van der Waals surface area (Å²) >= 11 is 1.45. The number of rotatable bonds is 5. The minimum Gasteiger partial charge on any atom is -0.354 e. The second-order valence-electron chi connectivity index (χ2n) is 6.99. The van der Waals surface area contributed by atoms with Crippen molar-refractivity contribution in [3.8, 4) is 23.0 Å². The molecule has 3 rings (SSSR count). The van der Waals surface area contributed by atoms with Crippen LogP contribution in [-0.2, 0) is 20.4 Å². The van der Waals surface area contributed by atoms with Gasteiger partial charge in [0.25, 0.3) is 5.60 Å². The molecule has 0 amide bonds. The molecular formula is C24H20F3NO3S2. The van der Waals surface area contributed by atoms with E-state index in [1.165, 1.54) is 54.2 Å². The number of halogens is 3. The normalized spacial score (nSPS) is 13.6. The van der Waals surface area contributed by atoms with Crippen molar-refractivity contribution in [2.75, 3.05) is 13.4 Å². The molecule has 33 heavy (non-hydrogen) atoms. The minimum atomic E-state index is -4.88. The van der Waals surface area contributed by atoms with E-state index in [2.05, 4.69) is 11.8 Å². The molecule has 0 heterocycles. The van der Waals surface area contributed by atoms with Gasteiger partial charge in [-0.25, -0.2) is 13.6 Å². The van der Waals surface area contributed by atoms with E-state index in [1.54, 1.807) is 24.3 Å². The number of methoxy groups -OCH3 is 1. The van der Waals surface area contributed by atoms with Gasteiger partial charge in [-0.15, -0.1) is 11.8 Å². The van der Waals surface area contributed by atoms with E-state index >= 15 is 0 Å². The van der Waals surface area contributed by atoms with E-state index < -0.39 is 21.8 Å². The Morgan fingerprint density at radius 2 is 1.67 bits per heavy atom. The van der Waals surface area contributed by atoms with E-state index in [4.69, 9.17) is 9.88 Å². The van der Waals surface area contributed by atoms with Crippen LogP contribution < -0.4 is 5.14 Å². The maximum Gasteiger partial charge on any atom is 0.433 e. The first-order valence-corrected chi connectivity index (χ1v) is 12.3. The molecule has 2 N–H and O–H groups in total. The van der Waals surface area contributed by atoms with Gasteiger partial charge in [0.1, 0.15) is 0 Å². The SMILES string of the molecule is COC(C#Cc1cccc(SC)c1)(c1cccc(-c2ccccc2S(N)(=O)=O)c1)C(F)(F)F. The Morgan fingerprint density at radius 1 is 0.970 bits per heavy atom. The molecular weight excluding hydrogens is 471 g/mol. The number of hydrogen-bond acceptors (Lipinski definition) is 4. The number of ether oxygens (including phenoxy) is 1. The van der Waals surface area contributed by atoms with Gasteiger partial charge in [0.2, 0.25) is 10.0 Å². The van der Waals surface area contributed by atoms with Gasteiger partial charge < -0.3 is 4.74 Å². The smallest absolute Gasteiger partial charge is 0.354 e. The van der Waals surface area contributed by atoms with E-state index in [1.807, 2.05) is 12.3 Å². The number of primary sulfonamides is 1. The average Bonchev–Trinajstić information content (AvgIpc) is 2.78. The van der Waals surface area contributed by atoms with Crippen molar-refractivity contribution in [3.63, 3.8) is 0 Å². The van der Waals surface area contributed by atoms with Crippen molar-refractivity contribution < 1.29 is 26.3 Å².